The molecule has 1 heterocycles. The highest BCUT2D eigenvalue weighted by Crippen LogP contribution is 2.39. The van der Waals surface area contributed by atoms with Gasteiger partial charge in [0.05, 0.1) is 12.8 Å². The highest BCUT2D eigenvalue weighted by atomic mass is 16.5. The molecule has 19 heavy (non-hydrogen) atoms. The lowest BCUT2D eigenvalue weighted by Gasteiger charge is -2.09. The predicted molar refractivity (Wildman–Crippen MR) is 67.4 cm³/mol. The molecule has 8 nitrogen and oxygen atoms in total. The van der Waals surface area contributed by atoms with Gasteiger partial charge in [-0.25, -0.2) is 4.79 Å². The maximum atomic E-state index is 11.4. The van der Waals surface area contributed by atoms with Gasteiger partial charge in [-0.15, -0.1) is 0 Å². The Balaban J connectivity index is 2.76. The molecule has 0 saturated heterocycles. The van der Waals surface area contributed by atoms with Gasteiger partial charge in [0.1, 0.15) is 5.69 Å². The zero-order valence-corrected chi connectivity index (χ0v) is 9.85. The molecule has 8 heteroatoms. The van der Waals surface area contributed by atoms with Crippen LogP contribution in [0.3, 0.4) is 0 Å². The van der Waals surface area contributed by atoms with Gasteiger partial charge >= 0.3 is 5.69 Å². The second-order valence-electron chi connectivity index (χ2n) is 3.74. The van der Waals surface area contributed by atoms with Crippen molar-refractivity contribution in [1.29, 1.82) is 0 Å². The number of hydrogen-bond acceptors (Lipinski definition) is 6. The number of rotatable bonds is 2. The molecule has 0 fully saturated rings. The van der Waals surface area contributed by atoms with Gasteiger partial charge in [0, 0.05) is 5.56 Å². The van der Waals surface area contributed by atoms with Gasteiger partial charge in [-0.3, -0.25) is 9.78 Å². The van der Waals surface area contributed by atoms with E-state index in [1.54, 1.807) is 0 Å². The number of aromatic amines is 2. The Hall–Kier alpha value is -2.90. The molecular formula is C11H11N3O5. The van der Waals surface area contributed by atoms with Crippen LogP contribution in [0.2, 0.25) is 0 Å². The van der Waals surface area contributed by atoms with Gasteiger partial charge in [0.15, 0.2) is 11.5 Å². The fraction of sp³-hybridized carbons (Fsp3) is 0.0909. The smallest absolute Gasteiger partial charge is 0.326 e. The Morgan fingerprint density at radius 1 is 1.21 bits per heavy atom. The highest BCUT2D eigenvalue weighted by molar-refractivity contribution is 5.75. The lowest BCUT2D eigenvalue weighted by atomic mass is 10.1. The van der Waals surface area contributed by atoms with Gasteiger partial charge < -0.3 is 25.7 Å². The van der Waals surface area contributed by atoms with E-state index in [1.807, 2.05) is 4.98 Å². The Bertz CT molecular complexity index is 747. The lowest BCUT2D eigenvalue weighted by molar-refractivity contribution is 0.351. The molecule has 0 aliphatic rings. The maximum absolute atomic E-state index is 11.4. The van der Waals surface area contributed by atoms with Crippen LogP contribution in [0.4, 0.5) is 5.69 Å². The van der Waals surface area contributed by atoms with E-state index in [-0.39, 0.29) is 22.7 Å². The average molecular weight is 265 g/mol. The van der Waals surface area contributed by atoms with Gasteiger partial charge in [0.2, 0.25) is 5.75 Å². The van der Waals surface area contributed by atoms with Crippen LogP contribution in [-0.4, -0.2) is 27.3 Å². The molecule has 0 spiro atoms. The summed E-state index contributed by atoms with van der Waals surface area (Å²) in [6.07, 6.45) is 0. The first kappa shape index (κ1) is 12.6. The van der Waals surface area contributed by atoms with Crippen LogP contribution < -0.4 is 21.7 Å². The van der Waals surface area contributed by atoms with E-state index >= 15 is 0 Å². The Morgan fingerprint density at radius 3 is 2.53 bits per heavy atom. The molecule has 1 aromatic heterocycles. The number of methoxy groups -OCH3 is 1. The van der Waals surface area contributed by atoms with Crippen molar-refractivity contribution < 1.29 is 14.9 Å². The second-order valence-corrected chi connectivity index (χ2v) is 3.74. The number of hydrogen-bond donors (Lipinski definition) is 5. The first-order valence-corrected chi connectivity index (χ1v) is 5.16. The topological polar surface area (TPSA) is 141 Å². The van der Waals surface area contributed by atoms with Gasteiger partial charge in [-0.1, -0.05) is 0 Å². The summed E-state index contributed by atoms with van der Waals surface area (Å²) in [7, 11) is 1.29. The molecular weight excluding hydrogens is 254 g/mol. The van der Waals surface area contributed by atoms with Crippen molar-refractivity contribution in [2.75, 3.05) is 12.8 Å². The van der Waals surface area contributed by atoms with Crippen LogP contribution in [0.25, 0.3) is 11.3 Å². The van der Waals surface area contributed by atoms with E-state index in [1.165, 1.54) is 13.2 Å². The van der Waals surface area contributed by atoms with Gasteiger partial charge in [0.25, 0.3) is 5.56 Å². The molecule has 6 N–H and O–H groups in total. The molecule has 1 aromatic carbocycles. The third kappa shape index (κ3) is 2.10. The van der Waals surface area contributed by atoms with Crippen LogP contribution in [-0.2, 0) is 0 Å². The summed E-state index contributed by atoms with van der Waals surface area (Å²) in [5, 5.41) is 19.1. The minimum absolute atomic E-state index is 0.0180. The number of anilines is 1. The number of phenolic OH excluding ortho intramolecular Hbond substituents is 2. The number of aromatic nitrogens is 2. The minimum Gasteiger partial charge on any atom is -0.504 e. The standard InChI is InChI=1S/C11H11N3O5/c1-19-6-3-4(2-5(15)9(6)16)8-7(12)10(17)14-11(18)13-8/h2-3,15-16H,12H2,1H3,(H2,13,14,17,18). The fourth-order valence-corrected chi connectivity index (χ4v) is 1.62. The molecule has 0 aliphatic carbocycles. The summed E-state index contributed by atoms with van der Waals surface area (Å²) in [6, 6.07) is 2.48. The molecule has 0 bridgehead atoms. The van der Waals surface area contributed by atoms with E-state index in [0.717, 1.165) is 6.07 Å². The average Bonchev–Trinajstić information content (AvgIpc) is 2.37. The number of benzene rings is 1. The monoisotopic (exact) mass is 265 g/mol. The Morgan fingerprint density at radius 2 is 1.89 bits per heavy atom. The quantitative estimate of drug-likeness (QED) is 0.473. The highest BCUT2D eigenvalue weighted by Gasteiger charge is 2.14. The number of aromatic hydroxyl groups is 2. The number of ether oxygens (including phenoxy) is 1. The number of nitrogens with two attached hydrogens (primary N) is 1. The van der Waals surface area contributed by atoms with Crippen molar-refractivity contribution in [3.05, 3.63) is 33.0 Å². The molecule has 2 rings (SSSR count). The Labute approximate surface area is 106 Å². The van der Waals surface area contributed by atoms with Crippen molar-refractivity contribution in [3.63, 3.8) is 0 Å². The van der Waals surface area contributed by atoms with Crippen molar-refractivity contribution in [2.45, 2.75) is 0 Å². The van der Waals surface area contributed by atoms with E-state index < -0.39 is 22.7 Å². The normalized spacial score (nSPS) is 10.4. The third-order valence-electron chi connectivity index (χ3n) is 2.54. The molecule has 0 aliphatic heterocycles. The minimum atomic E-state index is -0.745. The van der Waals surface area contributed by atoms with Gasteiger partial charge in [-0.2, -0.15) is 0 Å². The first-order valence-electron chi connectivity index (χ1n) is 5.16. The molecule has 0 atom stereocenters. The zero-order valence-electron chi connectivity index (χ0n) is 9.85. The van der Waals surface area contributed by atoms with E-state index in [0.29, 0.717) is 0 Å². The summed E-state index contributed by atoms with van der Waals surface area (Å²) < 4.78 is 4.86. The lowest BCUT2D eigenvalue weighted by Crippen LogP contribution is -2.25. The van der Waals surface area contributed by atoms with Crippen molar-refractivity contribution >= 4 is 5.69 Å². The van der Waals surface area contributed by atoms with E-state index in [9.17, 15) is 19.8 Å². The van der Waals surface area contributed by atoms with Gasteiger partial charge in [-0.05, 0) is 12.1 Å². The predicted octanol–water partition coefficient (Wildman–Crippen LogP) is -0.268. The molecule has 0 unspecified atom stereocenters. The van der Waals surface area contributed by atoms with Crippen LogP contribution in [0.15, 0.2) is 21.7 Å². The Kier molecular flexibility index (Phi) is 2.91. The van der Waals surface area contributed by atoms with Crippen LogP contribution in [0.1, 0.15) is 0 Å². The summed E-state index contributed by atoms with van der Waals surface area (Å²) in [4.78, 5) is 26.9. The first-order chi connectivity index (χ1) is 8.93. The third-order valence-corrected chi connectivity index (χ3v) is 2.54. The molecule has 100 valence electrons. The largest absolute Gasteiger partial charge is 0.504 e. The summed E-state index contributed by atoms with van der Waals surface area (Å²) in [5.41, 5.74) is 4.13. The van der Waals surface area contributed by atoms with Crippen LogP contribution >= 0.6 is 0 Å². The van der Waals surface area contributed by atoms with Crippen molar-refractivity contribution in [1.82, 2.24) is 9.97 Å². The zero-order chi connectivity index (χ0) is 14.2. The van der Waals surface area contributed by atoms with E-state index in [4.69, 9.17) is 10.5 Å². The molecule has 0 saturated carbocycles. The summed E-state index contributed by atoms with van der Waals surface area (Å²) in [6.45, 7) is 0. The summed E-state index contributed by atoms with van der Waals surface area (Å²) >= 11 is 0. The number of nitrogen functional groups attached to an aromatic ring is 1. The number of nitrogens with one attached hydrogen (secondary N) is 2. The molecule has 2 aromatic rings. The van der Waals surface area contributed by atoms with Crippen LogP contribution in [0, 0.1) is 0 Å². The fourth-order valence-electron chi connectivity index (χ4n) is 1.62. The van der Waals surface area contributed by atoms with Crippen molar-refractivity contribution in [3.8, 4) is 28.5 Å². The second kappa shape index (κ2) is 4.41. The summed E-state index contributed by atoms with van der Waals surface area (Å²) in [5.74, 6) is -0.928. The molecule has 0 radical (unpaired) electrons. The van der Waals surface area contributed by atoms with Crippen LogP contribution in [0.5, 0.6) is 17.2 Å². The molecule has 0 amide bonds. The number of H-pyrrole nitrogens is 2. The SMILES string of the molecule is COc1cc(-c2[nH]c(=O)[nH]c(=O)c2N)cc(O)c1O. The van der Waals surface area contributed by atoms with E-state index in [2.05, 4.69) is 4.98 Å². The maximum Gasteiger partial charge on any atom is 0.326 e. The number of phenols is 2. The van der Waals surface area contributed by atoms with Crippen molar-refractivity contribution in [2.24, 2.45) is 0 Å².